The molecule has 0 heterocycles. The number of carbonyl (C=O) groups excluding carboxylic acids is 3. The zero-order chi connectivity index (χ0) is 18.4. The van der Waals surface area contributed by atoms with Crippen LogP contribution < -0.4 is 16.4 Å². The number of hydrogen-bond donors (Lipinski definition) is 3. The summed E-state index contributed by atoms with van der Waals surface area (Å²) in [6, 6.07) is 13.7. The van der Waals surface area contributed by atoms with E-state index in [1.165, 1.54) is 18.7 Å². The number of nitrogens with one attached hydrogen (secondary N) is 2. The number of rotatable bonds is 6. The van der Waals surface area contributed by atoms with Crippen LogP contribution in [0.1, 0.15) is 24.2 Å². The summed E-state index contributed by atoms with van der Waals surface area (Å²) < 4.78 is 0. The first kappa shape index (κ1) is 18.5. The summed E-state index contributed by atoms with van der Waals surface area (Å²) in [6.45, 7) is 3.25. The number of amides is 3. The van der Waals surface area contributed by atoms with Crippen LogP contribution in [0.25, 0.3) is 0 Å². The third kappa shape index (κ3) is 5.65. The van der Waals surface area contributed by atoms with E-state index in [-0.39, 0.29) is 17.1 Å². The Hall–Kier alpha value is -2.80. The van der Waals surface area contributed by atoms with E-state index >= 15 is 0 Å². The Morgan fingerprint density at radius 2 is 1.44 bits per heavy atom. The van der Waals surface area contributed by atoms with Gasteiger partial charge in [0.15, 0.2) is 0 Å². The fourth-order valence-corrected chi connectivity index (χ4v) is 2.91. The van der Waals surface area contributed by atoms with Crippen molar-refractivity contribution in [3.8, 4) is 0 Å². The summed E-state index contributed by atoms with van der Waals surface area (Å²) in [5.74, 6) is -0.789. The number of thioether (sulfide) groups is 1. The lowest BCUT2D eigenvalue weighted by molar-refractivity contribution is -0.115. The second-order valence-corrected chi connectivity index (χ2v) is 6.81. The molecule has 0 spiro atoms. The summed E-state index contributed by atoms with van der Waals surface area (Å²) in [5.41, 5.74) is 6.88. The van der Waals surface area contributed by atoms with Gasteiger partial charge in [-0.3, -0.25) is 14.4 Å². The largest absolute Gasteiger partial charge is 0.366 e. The Kier molecular flexibility index (Phi) is 6.19. The van der Waals surface area contributed by atoms with E-state index in [9.17, 15) is 14.4 Å². The Morgan fingerprint density at radius 1 is 0.920 bits per heavy atom. The molecular formula is C18H19N3O3S. The smallest absolute Gasteiger partial charge is 0.248 e. The molecule has 0 bridgehead atoms. The first-order chi connectivity index (χ1) is 11.8. The molecule has 0 saturated carbocycles. The molecule has 1 atom stereocenters. The van der Waals surface area contributed by atoms with Crippen molar-refractivity contribution in [2.45, 2.75) is 24.0 Å². The number of hydrogen-bond acceptors (Lipinski definition) is 4. The molecule has 1 unspecified atom stereocenters. The first-order valence-corrected chi connectivity index (χ1v) is 8.48. The molecule has 0 aliphatic carbocycles. The van der Waals surface area contributed by atoms with Crippen molar-refractivity contribution < 1.29 is 14.4 Å². The fourth-order valence-electron chi connectivity index (χ4n) is 2.04. The molecule has 0 radical (unpaired) electrons. The molecule has 4 N–H and O–H groups in total. The fraction of sp³-hybridized carbons (Fsp3) is 0.167. The normalized spacial score (nSPS) is 11.4. The third-order valence-corrected chi connectivity index (χ3v) is 4.41. The van der Waals surface area contributed by atoms with Crippen molar-refractivity contribution >= 4 is 40.9 Å². The predicted molar refractivity (Wildman–Crippen MR) is 99.7 cm³/mol. The van der Waals surface area contributed by atoms with E-state index < -0.39 is 5.91 Å². The van der Waals surface area contributed by atoms with Crippen LogP contribution in [-0.4, -0.2) is 23.0 Å². The van der Waals surface area contributed by atoms with Gasteiger partial charge in [-0.15, -0.1) is 11.8 Å². The second-order valence-electron chi connectivity index (χ2n) is 5.40. The van der Waals surface area contributed by atoms with Gasteiger partial charge in [0.05, 0.1) is 5.25 Å². The zero-order valence-corrected chi connectivity index (χ0v) is 14.7. The molecule has 0 fully saturated rings. The van der Waals surface area contributed by atoms with Crippen LogP contribution in [0.4, 0.5) is 11.4 Å². The molecule has 0 saturated heterocycles. The van der Waals surface area contributed by atoms with E-state index in [2.05, 4.69) is 10.6 Å². The number of anilines is 2. The highest BCUT2D eigenvalue weighted by atomic mass is 32.2. The highest BCUT2D eigenvalue weighted by Crippen LogP contribution is 2.25. The van der Waals surface area contributed by atoms with Crippen LogP contribution in [0.15, 0.2) is 53.4 Å². The van der Waals surface area contributed by atoms with Gasteiger partial charge >= 0.3 is 0 Å². The summed E-state index contributed by atoms with van der Waals surface area (Å²) in [7, 11) is 0. The van der Waals surface area contributed by atoms with Crippen molar-refractivity contribution in [1.29, 1.82) is 0 Å². The highest BCUT2D eigenvalue weighted by molar-refractivity contribution is 8.00. The lowest BCUT2D eigenvalue weighted by atomic mass is 10.2. The van der Waals surface area contributed by atoms with Gasteiger partial charge in [0.1, 0.15) is 0 Å². The highest BCUT2D eigenvalue weighted by Gasteiger charge is 2.15. The topological polar surface area (TPSA) is 101 Å². The predicted octanol–water partition coefficient (Wildman–Crippen LogP) is 2.86. The average Bonchev–Trinajstić information content (AvgIpc) is 2.56. The number of benzene rings is 2. The standard InChI is InChI=1S/C18H19N3O3S/c1-11(25-16-9-7-14(8-10-16)20-12(2)22)18(24)21-15-5-3-13(4-6-15)17(19)23/h3-11H,1-2H3,(H2,19,23)(H,20,22)(H,21,24). The quantitative estimate of drug-likeness (QED) is 0.692. The van der Waals surface area contributed by atoms with Gasteiger partial charge in [0, 0.05) is 28.8 Å². The Morgan fingerprint density at radius 3 is 1.96 bits per heavy atom. The van der Waals surface area contributed by atoms with Crippen molar-refractivity contribution in [3.05, 3.63) is 54.1 Å². The van der Waals surface area contributed by atoms with E-state index in [1.807, 2.05) is 12.1 Å². The Bertz CT molecular complexity index is 773. The van der Waals surface area contributed by atoms with Gasteiger partial charge in [0.25, 0.3) is 0 Å². The van der Waals surface area contributed by atoms with Crippen LogP contribution in [-0.2, 0) is 9.59 Å². The molecule has 2 aromatic rings. The SMILES string of the molecule is CC(=O)Nc1ccc(SC(C)C(=O)Nc2ccc(C(N)=O)cc2)cc1. The molecular weight excluding hydrogens is 338 g/mol. The van der Waals surface area contributed by atoms with Gasteiger partial charge in [-0.1, -0.05) is 0 Å². The van der Waals surface area contributed by atoms with Crippen LogP contribution in [0.2, 0.25) is 0 Å². The molecule has 0 aliphatic heterocycles. The monoisotopic (exact) mass is 357 g/mol. The van der Waals surface area contributed by atoms with Crippen molar-refractivity contribution in [2.75, 3.05) is 10.6 Å². The maximum Gasteiger partial charge on any atom is 0.248 e. The molecule has 130 valence electrons. The summed E-state index contributed by atoms with van der Waals surface area (Å²) >= 11 is 1.41. The molecule has 2 rings (SSSR count). The maximum atomic E-state index is 12.3. The van der Waals surface area contributed by atoms with Gasteiger partial charge in [0.2, 0.25) is 17.7 Å². The lowest BCUT2D eigenvalue weighted by Crippen LogP contribution is -2.22. The first-order valence-electron chi connectivity index (χ1n) is 7.60. The van der Waals surface area contributed by atoms with Crippen molar-refractivity contribution in [1.82, 2.24) is 0 Å². The Labute approximate surface area is 150 Å². The number of primary amides is 1. The molecule has 7 heteroatoms. The molecule has 0 aromatic heterocycles. The molecule has 6 nitrogen and oxygen atoms in total. The second kappa shape index (κ2) is 8.34. The van der Waals surface area contributed by atoms with E-state index in [0.717, 1.165) is 4.90 Å². The van der Waals surface area contributed by atoms with E-state index in [4.69, 9.17) is 5.73 Å². The van der Waals surface area contributed by atoms with Gasteiger partial charge < -0.3 is 16.4 Å². The van der Waals surface area contributed by atoms with Crippen LogP contribution in [0, 0.1) is 0 Å². The molecule has 3 amide bonds. The minimum Gasteiger partial charge on any atom is -0.366 e. The van der Waals surface area contributed by atoms with Gasteiger partial charge in [-0.25, -0.2) is 0 Å². The minimum absolute atomic E-state index is 0.129. The van der Waals surface area contributed by atoms with E-state index in [1.54, 1.807) is 43.3 Å². The molecule has 25 heavy (non-hydrogen) atoms. The Balaban J connectivity index is 1.93. The van der Waals surface area contributed by atoms with Crippen molar-refractivity contribution in [2.24, 2.45) is 5.73 Å². The van der Waals surface area contributed by atoms with E-state index in [0.29, 0.717) is 16.9 Å². The minimum atomic E-state index is -0.510. The van der Waals surface area contributed by atoms with Gasteiger partial charge in [-0.05, 0) is 55.5 Å². The lowest BCUT2D eigenvalue weighted by Gasteiger charge is -2.12. The molecule has 2 aromatic carbocycles. The average molecular weight is 357 g/mol. The zero-order valence-electron chi connectivity index (χ0n) is 13.9. The summed E-state index contributed by atoms with van der Waals surface area (Å²) in [4.78, 5) is 35.2. The maximum absolute atomic E-state index is 12.3. The summed E-state index contributed by atoms with van der Waals surface area (Å²) in [5, 5.41) is 5.17. The summed E-state index contributed by atoms with van der Waals surface area (Å²) in [6.07, 6.45) is 0. The van der Waals surface area contributed by atoms with Crippen LogP contribution in [0.3, 0.4) is 0 Å². The van der Waals surface area contributed by atoms with Crippen molar-refractivity contribution in [3.63, 3.8) is 0 Å². The number of carbonyl (C=O) groups is 3. The third-order valence-electron chi connectivity index (χ3n) is 3.29. The number of nitrogens with two attached hydrogens (primary N) is 1. The van der Waals surface area contributed by atoms with Gasteiger partial charge in [-0.2, -0.15) is 0 Å². The van der Waals surface area contributed by atoms with Crippen LogP contribution >= 0.6 is 11.8 Å². The van der Waals surface area contributed by atoms with Crippen LogP contribution in [0.5, 0.6) is 0 Å². The molecule has 0 aliphatic rings.